The minimum Gasteiger partial charge on any atom is -0.480 e. The van der Waals surface area contributed by atoms with E-state index in [0.29, 0.717) is 28.8 Å². The minimum absolute atomic E-state index is 0.237. The molecular formula is C12H12Cl2N2O3S. The van der Waals surface area contributed by atoms with Gasteiger partial charge in [-0.25, -0.2) is 9.59 Å². The number of thioether (sulfide) groups is 1. The number of urea groups is 1. The van der Waals surface area contributed by atoms with Crippen LogP contribution in [-0.2, 0) is 4.79 Å². The van der Waals surface area contributed by atoms with Crippen LogP contribution in [0.25, 0.3) is 0 Å². The van der Waals surface area contributed by atoms with Crippen molar-refractivity contribution in [2.45, 2.75) is 6.04 Å². The van der Waals surface area contributed by atoms with Gasteiger partial charge in [-0.2, -0.15) is 11.8 Å². The average molecular weight is 335 g/mol. The van der Waals surface area contributed by atoms with Gasteiger partial charge in [0.25, 0.3) is 0 Å². The fraction of sp³-hybridized carbons (Fsp3) is 0.333. The van der Waals surface area contributed by atoms with Gasteiger partial charge < -0.3 is 15.3 Å². The van der Waals surface area contributed by atoms with Gasteiger partial charge in [0.15, 0.2) is 0 Å². The van der Waals surface area contributed by atoms with Crippen molar-refractivity contribution in [3.8, 4) is 0 Å². The molecule has 2 N–H and O–H groups in total. The van der Waals surface area contributed by atoms with Crippen LogP contribution >= 0.6 is 35.0 Å². The first-order valence-corrected chi connectivity index (χ1v) is 7.74. The van der Waals surface area contributed by atoms with Crippen molar-refractivity contribution < 1.29 is 14.7 Å². The normalized spacial score (nSPS) is 18.7. The van der Waals surface area contributed by atoms with Gasteiger partial charge in [-0.15, -0.1) is 0 Å². The third kappa shape index (κ3) is 3.31. The number of aliphatic carboxylic acids is 1. The van der Waals surface area contributed by atoms with Gasteiger partial charge in [0, 0.05) is 18.1 Å². The lowest BCUT2D eigenvalue weighted by molar-refractivity contribution is -0.141. The Hall–Kier alpha value is -1.11. The van der Waals surface area contributed by atoms with E-state index in [-0.39, 0.29) is 5.02 Å². The molecule has 0 bridgehead atoms. The lowest BCUT2D eigenvalue weighted by Crippen LogP contribution is -2.51. The molecule has 1 aromatic rings. The number of nitrogens with one attached hydrogen (secondary N) is 1. The number of hydrogen-bond donors (Lipinski definition) is 2. The van der Waals surface area contributed by atoms with Crippen LogP contribution in [0.4, 0.5) is 10.5 Å². The topological polar surface area (TPSA) is 69.6 Å². The van der Waals surface area contributed by atoms with E-state index in [4.69, 9.17) is 28.3 Å². The predicted molar refractivity (Wildman–Crippen MR) is 80.9 cm³/mol. The number of carboxylic acids is 1. The van der Waals surface area contributed by atoms with Crippen LogP contribution in [0, 0.1) is 0 Å². The highest BCUT2D eigenvalue weighted by Crippen LogP contribution is 2.30. The van der Waals surface area contributed by atoms with E-state index >= 15 is 0 Å². The number of halogens is 2. The smallest absolute Gasteiger partial charge is 0.327 e. The number of nitrogens with zero attached hydrogens (tertiary/aromatic N) is 1. The van der Waals surface area contributed by atoms with Crippen LogP contribution in [0.1, 0.15) is 0 Å². The number of anilines is 1. The Balaban J connectivity index is 2.14. The molecule has 1 atom stereocenters. The number of rotatable bonds is 2. The van der Waals surface area contributed by atoms with Gasteiger partial charge >= 0.3 is 12.0 Å². The summed E-state index contributed by atoms with van der Waals surface area (Å²) in [5, 5.41) is 12.3. The van der Waals surface area contributed by atoms with Crippen molar-refractivity contribution in [2.24, 2.45) is 0 Å². The molecule has 0 saturated carbocycles. The molecule has 1 unspecified atom stereocenters. The molecule has 0 aromatic heterocycles. The zero-order chi connectivity index (χ0) is 14.7. The lowest BCUT2D eigenvalue weighted by Gasteiger charge is -2.32. The molecule has 1 aromatic carbocycles. The van der Waals surface area contributed by atoms with Crippen LogP contribution in [0.3, 0.4) is 0 Å². The maximum atomic E-state index is 12.2. The summed E-state index contributed by atoms with van der Waals surface area (Å²) >= 11 is 13.4. The molecule has 0 aliphatic carbocycles. The molecule has 2 amide bonds. The molecule has 0 spiro atoms. The van der Waals surface area contributed by atoms with Crippen molar-refractivity contribution in [3.63, 3.8) is 0 Å². The van der Waals surface area contributed by atoms with E-state index < -0.39 is 18.0 Å². The van der Waals surface area contributed by atoms with Gasteiger partial charge in [-0.05, 0) is 12.1 Å². The van der Waals surface area contributed by atoms with E-state index in [1.807, 2.05) is 0 Å². The first-order chi connectivity index (χ1) is 9.50. The second-order valence-corrected chi connectivity index (χ2v) is 6.09. The second kappa shape index (κ2) is 6.56. The Kier molecular flexibility index (Phi) is 5.01. The number of carbonyl (C=O) groups excluding carboxylic acids is 1. The van der Waals surface area contributed by atoms with Crippen molar-refractivity contribution in [3.05, 3.63) is 28.2 Å². The first-order valence-electron chi connectivity index (χ1n) is 5.83. The maximum absolute atomic E-state index is 12.2. The Morgan fingerprint density at radius 1 is 1.40 bits per heavy atom. The summed E-state index contributed by atoms with van der Waals surface area (Å²) < 4.78 is 0. The monoisotopic (exact) mass is 334 g/mol. The second-order valence-electron chi connectivity index (χ2n) is 4.15. The molecular weight excluding hydrogens is 323 g/mol. The number of hydrogen-bond acceptors (Lipinski definition) is 3. The fourth-order valence-corrected chi connectivity index (χ4v) is 3.22. The van der Waals surface area contributed by atoms with Crippen LogP contribution in [0.15, 0.2) is 18.2 Å². The summed E-state index contributed by atoms with van der Waals surface area (Å²) in [4.78, 5) is 24.6. The van der Waals surface area contributed by atoms with Gasteiger partial charge in [0.05, 0.1) is 15.7 Å². The van der Waals surface area contributed by atoms with Crippen molar-refractivity contribution in [2.75, 3.05) is 23.4 Å². The van der Waals surface area contributed by atoms with Crippen LogP contribution in [-0.4, -0.2) is 46.1 Å². The van der Waals surface area contributed by atoms with Crippen molar-refractivity contribution in [1.82, 2.24) is 4.90 Å². The molecule has 1 heterocycles. The van der Waals surface area contributed by atoms with E-state index in [2.05, 4.69) is 5.32 Å². The Labute approximate surface area is 130 Å². The Bertz CT molecular complexity index is 541. The van der Waals surface area contributed by atoms with Crippen LogP contribution in [0.2, 0.25) is 10.0 Å². The summed E-state index contributed by atoms with van der Waals surface area (Å²) in [6.45, 7) is 0.381. The van der Waals surface area contributed by atoms with E-state index in [1.165, 1.54) is 16.7 Å². The quantitative estimate of drug-likeness (QED) is 0.872. The molecule has 8 heteroatoms. The number of carbonyl (C=O) groups is 2. The van der Waals surface area contributed by atoms with Crippen LogP contribution in [0.5, 0.6) is 0 Å². The highest BCUT2D eigenvalue weighted by atomic mass is 35.5. The third-order valence-electron chi connectivity index (χ3n) is 2.87. The van der Waals surface area contributed by atoms with Gasteiger partial charge in [-0.3, -0.25) is 0 Å². The van der Waals surface area contributed by atoms with Gasteiger partial charge in [0.2, 0.25) is 0 Å². The zero-order valence-corrected chi connectivity index (χ0v) is 12.6. The lowest BCUT2D eigenvalue weighted by atomic mass is 10.3. The molecule has 2 rings (SSSR count). The summed E-state index contributed by atoms with van der Waals surface area (Å²) in [5.41, 5.74) is 0.367. The zero-order valence-electron chi connectivity index (χ0n) is 10.3. The summed E-state index contributed by atoms with van der Waals surface area (Å²) in [7, 11) is 0. The average Bonchev–Trinajstić information content (AvgIpc) is 2.43. The molecule has 1 aliphatic heterocycles. The van der Waals surface area contributed by atoms with Crippen LogP contribution < -0.4 is 5.32 Å². The molecule has 1 saturated heterocycles. The minimum atomic E-state index is -1.01. The van der Waals surface area contributed by atoms with Gasteiger partial charge in [0.1, 0.15) is 6.04 Å². The Morgan fingerprint density at radius 3 is 2.85 bits per heavy atom. The summed E-state index contributed by atoms with van der Waals surface area (Å²) in [6.07, 6.45) is 0. The first kappa shape index (κ1) is 15.3. The standard InChI is InChI=1S/C12H12Cl2N2O3S/c13-7-2-1-3-8(10(7)14)15-12(19)16-4-5-20-6-9(16)11(17)18/h1-3,9H,4-6H2,(H,15,19)(H,17,18). The number of benzene rings is 1. The van der Waals surface area contributed by atoms with E-state index in [1.54, 1.807) is 18.2 Å². The van der Waals surface area contributed by atoms with Crippen molar-refractivity contribution in [1.29, 1.82) is 0 Å². The van der Waals surface area contributed by atoms with E-state index in [9.17, 15) is 9.59 Å². The third-order valence-corrected chi connectivity index (χ3v) is 4.71. The number of amides is 2. The highest BCUT2D eigenvalue weighted by Gasteiger charge is 2.32. The highest BCUT2D eigenvalue weighted by molar-refractivity contribution is 7.99. The molecule has 1 fully saturated rings. The molecule has 0 radical (unpaired) electrons. The SMILES string of the molecule is O=C(O)C1CSCCN1C(=O)Nc1cccc(Cl)c1Cl. The summed E-state index contributed by atoms with van der Waals surface area (Å²) in [5.74, 6) is 0.0801. The largest absolute Gasteiger partial charge is 0.480 e. The van der Waals surface area contributed by atoms with E-state index in [0.717, 1.165) is 0 Å². The number of carboxylic acid groups (broad SMARTS) is 1. The Morgan fingerprint density at radius 2 is 2.15 bits per heavy atom. The maximum Gasteiger partial charge on any atom is 0.327 e. The molecule has 108 valence electrons. The van der Waals surface area contributed by atoms with Gasteiger partial charge in [-0.1, -0.05) is 29.3 Å². The molecule has 5 nitrogen and oxygen atoms in total. The summed E-state index contributed by atoms with van der Waals surface area (Å²) in [6, 6.07) is 3.57. The molecule has 20 heavy (non-hydrogen) atoms. The molecule has 1 aliphatic rings. The fourth-order valence-electron chi connectivity index (χ4n) is 1.84. The van der Waals surface area contributed by atoms with Crippen molar-refractivity contribution >= 4 is 52.7 Å². The predicted octanol–water partition coefficient (Wildman–Crippen LogP) is 3.03.